The molecule has 0 aliphatic rings. The Kier molecular flexibility index (Phi) is 6.99. The van der Waals surface area contributed by atoms with E-state index in [0.717, 1.165) is 42.1 Å². The summed E-state index contributed by atoms with van der Waals surface area (Å²) in [5.74, 6) is 0.131. The Balaban J connectivity index is 1.68. The lowest BCUT2D eigenvalue weighted by Gasteiger charge is -2.04. The highest BCUT2D eigenvalue weighted by Gasteiger charge is 2.05. The van der Waals surface area contributed by atoms with Gasteiger partial charge in [-0.25, -0.2) is 4.98 Å². The number of amides is 1. The van der Waals surface area contributed by atoms with E-state index in [0.29, 0.717) is 13.0 Å². The van der Waals surface area contributed by atoms with Gasteiger partial charge in [-0.1, -0.05) is 0 Å². The largest absolute Gasteiger partial charge is 0.356 e. The van der Waals surface area contributed by atoms with Crippen LogP contribution < -0.4 is 10.6 Å². The standard InChI is InChI=1S/C16H22N4OS/c1-17-8-2-4-15(21)19-9-3-5-16-20-14(12-22-16)13-6-10-18-11-7-13/h6-7,10-12,17H,2-5,8-9H2,1H3,(H,19,21). The normalized spacial score (nSPS) is 10.6. The van der Waals surface area contributed by atoms with Crippen LogP contribution in [0, 0.1) is 0 Å². The minimum atomic E-state index is 0.131. The zero-order valence-electron chi connectivity index (χ0n) is 12.8. The third-order valence-electron chi connectivity index (χ3n) is 3.25. The average Bonchev–Trinajstić information content (AvgIpc) is 3.02. The van der Waals surface area contributed by atoms with E-state index in [-0.39, 0.29) is 5.91 Å². The van der Waals surface area contributed by atoms with Gasteiger partial charge in [0.15, 0.2) is 0 Å². The molecule has 0 saturated carbocycles. The van der Waals surface area contributed by atoms with E-state index >= 15 is 0 Å². The fourth-order valence-corrected chi connectivity index (χ4v) is 2.91. The van der Waals surface area contributed by atoms with Crippen molar-refractivity contribution in [2.45, 2.75) is 25.7 Å². The third kappa shape index (κ3) is 5.54. The average molecular weight is 318 g/mol. The molecule has 1 amide bonds. The second kappa shape index (κ2) is 9.27. The lowest BCUT2D eigenvalue weighted by Crippen LogP contribution is -2.25. The molecule has 0 fully saturated rings. The molecule has 0 saturated heterocycles. The number of rotatable bonds is 9. The Morgan fingerprint density at radius 2 is 2.05 bits per heavy atom. The zero-order chi connectivity index (χ0) is 15.6. The molecule has 2 N–H and O–H groups in total. The minimum absolute atomic E-state index is 0.131. The molecule has 0 atom stereocenters. The summed E-state index contributed by atoms with van der Waals surface area (Å²) in [5.41, 5.74) is 2.09. The molecule has 2 heterocycles. The molecule has 22 heavy (non-hydrogen) atoms. The molecule has 0 aliphatic heterocycles. The van der Waals surface area contributed by atoms with Gasteiger partial charge in [0.1, 0.15) is 0 Å². The van der Waals surface area contributed by atoms with Crippen LogP contribution in [0.2, 0.25) is 0 Å². The molecule has 0 radical (unpaired) electrons. The zero-order valence-corrected chi connectivity index (χ0v) is 13.7. The van der Waals surface area contributed by atoms with Crippen molar-refractivity contribution in [3.8, 4) is 11.3 Å². The van der Waals surface area contributed by atoms with Crippen molar-refractivity contribution in [3.63, 3.8) is 0 Å². The summed E-state index contributed by atoms with van der Waals surface area (Å²) in [5, 5.41) is 9.17. The molecule has 0 aliphatic carbocycles. The fourth-order valence-electron chi connectivity index (χ4n) is 2.06. The van der Waals surface area contributed by atoms with E-state index in [1.54, 1.807) is 23.7 Å². The number of aromatic nitrogens is 2. The first-order chi connectivity index (χ1) is 10.8. The second-order valence-corrected chi connectivity index (χ2v) is 5.97. The maximum absolute atomic E-state index is 11.6. The maximum atomic E-state index is 11.6. The van der Waals surface area contributed by atoms with Crippen LogP contribution in [0.3, 0.4) is 0 Å². The predicted molar refractivity (Wildman–Crippen MR) is 89.8 cm³/mol. The summed E-state index contributed by atoms with van der Waals surface area (Å²) in [6.07, 6.45) is 6.83. The smallest absolute Gasteiger partial charge is 0.220 e. The van der Waals surface area contributed by atoms with Crippen LogP contribution in [-0.4, -0.2) is 36.0 Å². The van der Waals surface area contributed by atoms with Gasteiger partial charge in [0.2, 0.25) is 5.91 Å². The summed E-state index contributed by atoms with van der Waals surface area (Å²) in [7, 11) is 1.89. The number of thiazole rings is 1. The van der Waals surface area contributed by atoms with Crippen LogP contribution in [0.25, 0.3) is 11.3 Å². The van der Waals surface area contributed by atoms with Crippen molar-refractivity contribution in [2.75, 3.05) is 20.1 Å². The first kappa shape index (κ1) is 16.6. The van der Waals surface area contributed by atoms with Gasteiger partial charge < -0.3 is 10.6 Å². The lowest BCUT2D eigenvalue weighted by molar-refractivity contribution is -0.121. The molecule has 2 aromatic heterocycles. The van der Waals surface area contributed by atoms with E-state index in [4.69, 9.17) is 0 Å². The Bertz CT molecular complexity index is 571. The van der Waals surface area contributed by atoms with Crippen LogP contribution in [0.5, 0.6) is 0 Å². The summed E-state index contributed by atoms with van der Waals surface area (Å²) < 4.78 is 0. The van der Waals surface area contributed by atoms with Crippen molar-refractivity contribution >= 4 is 17.2 Å². The molecule has 2 rings (SSSR count). The molecule has 118 valence electrons. The van der Waals surface area contributed by atoms with Crippen molar-refractivity contribution in [3.05, 3.63) is 34.9 Å². The van der Waals surface area contributed by atoms with Gasteiger partial charge in [-0.05, 0) is 38.6 Å². The first-order valence-electron chi connectivity index (χ1n) is 7.55. The molecule has 0 spiro atoms. The lowest BCUT2D eigenvalue weighted by atomic mass is 10.2. The van der Waals surface area contributed by atoms with Crippen LogP contribution in [0.15, 0.2) is 29.9 Å². The van der Waals surface area contributed by atoms with Gasteiger partial charge in [-0.2, -0.15) is 0 Å². The van der Waals surface area contributed by atoms with Crippen molar-refractivity contribution in [1.29, 1.82) is 0 Å². The van der Waals surface area contributed by atoms with Crippen molar-refractivity contribution < 1.29 is 4.79 Å². The topological polar surface area (TPSA) is 66.9 Å². The summed E-state index contributed by atoms with van der Waals surface area (Å²) in [6, 6.07) is 3.93. The molecule has 6 heteroatoms. The Labute approximate surface area is 135 Å². The number of aryl methyl sites for hydroxylation is 1. The molecule has 2 aromatic rings. The van der Waals surface area contributed by atoms with E-state index in [1.807, 2.05) is 19.2 Å². The van der Waals surface area contributed by atoms with Gasteiger partial charge in [0.05, 0.1) is 10.7 Å². The summed E-state index contributed by atoms with van der Waals surface area (Å²) in [6.45, 7) is 1.59. The van der Waals surface area contributed by atoms with E-state index in [2.05, 4.69) is 26.0 Å². The molecular formula is C16H22N4OS. The van der Waals surface area contributed by atoms with Crippen LogP contribution >= 0.6 is 11.3 Å². The minimum Gasteiger partial charge on any atom is -0.356 e. The summed E-state index contributed by atoms with van der Waals surface area (Å²) in [4.78, 5) is 20.2. The predicted octanol–water partition coefficient (Wildman–Crippen LogP) is 2.25. The van der Waals surface area contributed by atoms with Crippen LogP contribution in [0.1, 0.15) is 24.3 Å². The van der Waals surface area contributed by atoms with E-state index in [1.165, 1.54) is 0 Å². The third-order valence-corrected chi connectivity index (χ3v) is 4.16. The number of nitrogens with one attached hydrogen (secondary N) is 2. The summed E-state index contributed by atoms with van der Waals surface area (Å²) >= 11 is 1.67. The second-order valence-electron chi connectivity index (χ2n) is 5.02. The van der Waals surface area contributed by atoms with E-state index < -0.39 is 0 Å². The number of hydrogen-bond acceptors (Lipinski definition) is 5. The monoisotopic (exact) mass is 318 g/mol. The van der Waals surface area contributed by atoms with Crippen molar-refractivity contribution in [2.24, 2.45) is 0 Å². The van der Waals surface area contributed by atoms with Crippen LogP contribution in [-0.2, 0) is 11.2 Å². The highest BCUT2D eigenvalue weighted by molar-refractivity contribution is 7.09. The Hall–Kier alpha value is -1.79. The highest BCUT2D eigenvalue weighted by atomic mass is 32.1. The number of nitrogens with zero attached hydrogens (tertiary/aromatic N) is 2. The van der Waals surface area contributed by atoms with Crippen LogP contribution in [0.4, 0.5) is 0 Å². The first-order valence-corrected chi connectivity index (χ1v) is 8.43. The number of pyridine rings is 1. The number of carbonyl (C=O) groups excluding carboxylic acids is 1. The van der Waals surface area contributed by atoms with Gasteiger partial charge in [0.25, 0.3) is 0 Å². The molecule has 0 bridgehead atoms. The number of carbonyl (C=O) groups is 1. The molecule has 0 aromatic carbocycles. The van der Waals surface area contributed by atoms with Gasteiger partial charge in [-0.15, -0.1) is 11.3 Å². The quantitative estimate of drug-likeness (QED) is 0.696. The molecule has 0 unspecified atom stereocenters. The fraction of sp³-hybridized carbons (Fsp3) is 0.438. The molecular weight excluding hydrogens is 296 g/mol. The van der Waals surface area contributed by atoms with Gasteiger partial charge in [0, 0.05) is 42.7 Å². The Morgan fingerprint density at radius 3 is 2.82 bits per heavy atom. The van der Waals surface area contributed by atoms with Gasteiger partial charge >= 0.3 is 0 Å². The van der Waals surface area contributed by atoms with Crippen molar-refractivity contribution in [1.82, 2.24) is 20.6 Å². The SMILES string of the molecule is CNCCCC(=O)NCCCc1nc(-c2ccncc2)cs1. The van der Waals surface area contributed by atoms with Gasteiger partial charge in [-0.3, -0.25) is 9.78 Å². The number of hydrogen-bond donors (Lipinski definition) is 2. The maximum Gasteiger partial charge on any atom is 0.220 e. The molecule has 5 nitrogen and oxygen atoms in total. The highest BCUT2D eigenvalue weighted by Crippen LogP contribution is 2.21. The Morgan fingerprint density at radius 1 is 1.23 bits per heavy atom. The van der Waals surface area contributed by atoms with E-state index in [9.17, 15) is 4.79 Å².